The third kappa shape index (κ3) is 1.84. The first-order valence-electron chi connectivity index (χ1n) is 5.85. The van der Waals surface area contributed by atoms with Gasteiger partial charge in [0.1, 0.15) is 5.52 Å². The summed E-state index contributed by atoms with van der Waals surface area (Å²) in [6.07, 6.45) is 0.909. The van der Waals surface area contributed by atoms with Gasteiger partial charge < -0.3 is 4.42 Å². The lowest BCUT2D eigenvalue weighted by molar-refractivity contribution is 0.481. The molecule has 16 heavy (non-hydrogen) atoms. The van der Waals surface area contributed by atoms with Gasteiger partial charge in [-0.25, -0.2) is 4.98 Å². The zero-order valence-electron chi connectivity index (χ0n) is 10.7. The molecule has 2 heteroatoms. The minimum absolute atomic E-state index is 0.578. The quantitative estimate of drug-likeness (QED) is 0.761. The van der Waals surface area contributed by atoms with Crippen LogP contribution in [0.25, 0.3) is 11.1 Å². The largest absolute Gasteiger partial charge is 0.440 e. The van der Waals surface area contributed by atoms with E-state index in [9.17, 15) is 0 Å². The Bertz CT molecular complexity index is 523. The number of hydrogen-bond acceptors (Lipinski definition) is 2. The lowest BCUT2D eigenvalue weighted by Crippen LogP contribution is -1.93. The second-order valence-corrected chi connectivity index (χ2v) is 5.02. The van der Waals surface area contributed by atoms with Crippen LogP contribution in [0.1, 0.15) is 36.4 Å². The molecule has 1 aromatic carbocycles. The lowest BCUT2D eigenvalue weighted by Gasteiger charge is -2.01. The van der Waals surface area contributed by atoms with Crippen molar-refractivity contribution in [3.8, 4) is 0 Å². The van der Waals surface area contributed by atoms with Crippen molar-refractivity contribution in [3.05, 3.63) is 28.6 Å². The minimum atomic E-state index is 0.578. The highest BCUT2D eigenvalue weighted by atomic mass is 16.3. The van der Waals surface area contributed by atoms with E-state index in [1.807, 2.05) is 0 Å². The van der Waals surface area contributed by atoms with Crippen molar-refractivity contribution in [3.63, 3.8) is 0 Å². The van der Waals surface area contributed by atoms with Gasteiger partial charge in [-0.3, -0.25) is 0 Å². The van der Waals surface area contributed by atoms with Gasteiger partial charge in [-0.05, 0) is 43.4 Å². The maximum atomic E-state index is 5.83. The van der Waals surface area contributed by atoms with Gasteiger partial charge in [0, 0.05) is 6.42 Å². The molecule has 0 aliphatic heterocycles. The van der Waals surface area contributed by atoms with Gasteiger partial charge >= 0.3 is 0 Å². The Morgan fingerprint density at radius 3 is 2.50 bits per heavy atom. The summed E-state index contributed by atoms with van der Waals surface area (Å²) in [5, 5.41) is 0. The fourth-order valence-electron chi connectivity index (χ4n) is 2.01. The number of aromatic nitrogens is 1. The molecular weight excluding hydrogens is 198 g/mol. The van der Waals surface area contributed by atoms with Crippen LogP contribution in [0.4, 0.5) is 0 Å². The summed E-state index contributed by atoms with van der Waals surface area (Å²) in [4.78, 5) is 4.61. The zero-order chi connectivity index (χ0) is 11.9. The Morgan fingerprint density at radius 1 is 1.19 bits per heavy atom. The molecule has 2 nitrogen and oxygen atoms in total. The molecule has 2 rings (SSSR count). The molecule has 0 amide bonds. The number of aryl methyl sites for hydroxylation is 3. The second kappa shape index (κ2) is 3.93. The molecule has 0 radical (unpaired) electrons. The van der Waals surface area contributed by atoms with Crippen molar-refractivity contribution in [2.45, 2.75) is 41.0 Å². The van der Waals surface area contributed by atoms with Crippen LogP contribution in [0.5, 0.6) is 0 Å². The van der Waals surface area contributed by atoms with E-state index < -0.39 is 0 Å². The SMILES string of the molecule is Cc1cc(C)c2oc(CC(C)C)nc2c1C. The summed E-state index contributed by atoms with van der Waals surface area (Å²) in [5.74, 6) is 1.44. The maximum absolute atomic E-state index is 5.83. The van der Waals surface area contributed by atoms with Crippen LogP contribution >= 0.6 is 0 Å². The summed E-state index contributed by atoms with van der Waals surface area (Å²) in [6, 6.07) is 2.17. The highest BCUT2D eigenvalue weighted by molar-refractivity contribution is 5.81. The Labute approximate surface area is 96.7 Å². The molecule has 0 saturated carbocycles. The van der Waals surface area contributed by atoms with Crippen LogP contribution in [0.2, 0.25) is 0 Å². The van der Waals surface area contributed by atoms with Crippen LogP contribution in [0, 0.1) is 26.7 Å². The van der Waals surface area contributed by atoms with Gasteiger partial charge in [0.05, 0.1) is 0 Å². The summed E-state index contributed by atoms with van der Waals surface area (Å²) in [5.41, 5.74) is 5.70. The third-order valence-electron chi connectivity index (χ3n) is 2.99. The topological polar surface area (TPSA) is 26.0 Å². The summed E-state index contributed by atoms with van der Waals surface area (Å²) in [6.45, 7) is 10.7. The van der Waals surface area contributed by atoms with E-state index in [4.69, 9.17) is 4.42 Å². The fraction of sp³-hybridized carbons (Fsp3) is 0.500. The number of benzene rings is 1. The summed E-state index contributed by atoms with van der Waals surface area (Å²) in [7, 11) is 0. The van der Waals surface area contributed by atoms with Gasteiger partial charge in [-0.2, -0.15) is 0 Å². The molecule has 0 atom stereocenters. The van der Waals surface area contributed by atoms with Gasteiger partial charge in [0.25, 0.3) is 0 Å². The highest BCUT2D eigenvalue weighted by Crippen LogP contribution is 2.26. The smallest absolute Gasteiger partial charge is 0.195 e. The number of oxazole rings is 1. The van der Waals surface area contributed by atoms with E-state index in [0.29, 0.717) is 5.92 Å². The van der Waals surface area contributed by atoms with E-state index in [-0.39, 0.29) is 0 Å². The Hall–Kier alpha value is -1.31. The average Bonchev–Trinajstić information content (AvgIpc) is 2.58. The normalized spacial score (nSPS) is 11.6. The van der Waals surface area contributed by atoms with Crippen molar-refractivity contribution in [1.82, 2.24) is 4.98 Å². The third-order valence-corrected chi connectivity index (χ3v) is 2.99. The van der Waals surface area contributed by atoms with Crippen molar-refractivity contribution in [2.75, 3.05) is 0 Å². The summed E-state index contributed by atoms with van der Waals surface area (Å²) < 4.78 is 5.83. The molecule has 0 aliphatic carbocycles. The van der Waals surface area contributed by atoms with Crippen LogP contribution in [0.3, 0.4) is 0 Å². The summed E-state index contributed by atoms with van der Waals surface area (Å²) >= 11 is 0. The number of fused-ring (bicyclic) bond motifs is 1. The molecule has 1 heterocycles. The maximum Gasteiger partial charge on any atom is 0.195 e. The Morgan fingerprint density at radius 2 is 1.88 bits per heavy atom. The van der Waals surface area contributed by atoms with Gasteiger partial charge in [-0.15, -0.1) is 0 Å². The van der Waals surface area contributed by atoms with E-state index in [1.54, 1.807) is 0 Å². The first-order chi connectivity index (χ1) is 7.49. The molecule has 86 valence electrons. The van der Waals surface area contributed by atoms with E-state index in [2.05, 4.69) is 45.7 Å². The monoisotopic (exact) mass is 217 g/mol. The standard InChI is InChI=1S/C14H19NO/c1-8(2)6-12-15-13-11(5)9(3)7-10(4)14(13)16-12/h7-8H,6H2,1-5H3. The molecule has 0 spiro atoms. The van der Waals surface area contributed by atoms with E-state index in [0.717, 1.165) is 23.4 Å². The van der Waals surface area contributed by atoms with E-state index >= 15 is 0 Å². The molecule has 0 fully saturated rings. The molecule has 2 aromatic rings. The van der Waals surface area contributed by atoms with Crippen LogP contribution < -0.4 is 0 Å². The Balaban J connectivity index is 2.60. The van der Waals surface area contributed by atoms with Crippen molar-refractivity contribution < 1.29 is 4.42 Å². The fourth-order valence-corrected chi connectivity index (χ4v) is 2.01. The van der Waals surface area contributed by atoms with Crippen LogP contribution in [-0.4, -0.2) is 4.98 Å². The minimum Gasteiger partial charge on any atom is -0.440 e. The number of hydrogen-bond donors (Lipinski definition) is 0. The molecular formula is C14H19NO. The predicted octanol–water partition coefficient (Wildman–Crippen LogP) is 3.95. The van der Waals surface area contributed by atoms with Gasteiger partial charge in [-0.1, -0.05) is 19.9 Å². The first-order valence-corrected chi connectivity index (χ1v) is 5.85. The Kier molecular flexibility index (Phi) is 2.75. The predicted molar refractivity (Wildman–Crippen MR) is 66.8 cm³/mol. The molecule has 1 aromatic heterocycles. The van der Waals surface area contributed by atoms with Crippen LogP contribution in [0.15, 0.2) is 10.5 Å². The van der Waals surface area contributed by atoms with Crippen molar-refractivity contribution in [1.29, 1.82) is 0 Å². The molecule has 0 aliphatic rings. The van der Waals surface area contributed by atoms with Crippen molar-refractivity contribution >= 4 is 11.1 Å². The number of rotatable bonds is 2. The molecule has 0 unspecified atom stereocenters. The highest BCUT2D eigenvalue weighted by Gasteiger charge is 2.12. The van der Waals surface area contributed by atoms with E-state index in [1.165, 1.54) is 16.7 Å². The van der Waals surface area contributed by atoms with Gasteiger partial charge in [0.2, 0.25) is 0 Å². The molecule has 0 bridgehead atoms. The first kappa shape index (κ1) is 11.2. The number of nitrogens with zero attached hydrogens (tertiary/aromatic N) is 1. The average molecular weight is 217 g/mol. The molecule has 0 N–H and O–H groups in total. The lowest BCUT2D eigenvalue weighted by atomic mass is 10.1. The van der Waals surface area contributed by atoms with Crippen LogP contribution in [-0.2, 0) is 6.42 Å². The van der Waals surface area contributed by atoms with Crippen molar-refractivity contribution in [2.24, 2.45) is 5.92 Å². The zero-order valence-corrected chi connectivity index (χ0v) is 10.7. The molecule has 0 saturated heterocycles. The van der Waals surface area contributed by atoms with Gasteiger partial charge in [0.15, 0.2) is 11.5 Å². The second-order valence-electron chi connectivity index (χ2n) is 5.02.